The number of amides is 2. The molecular weight excluding hydrogens is 364 g/mol. The Bertz CT molecular complexity index is 953. The molecule has 3 aromatic carbocycles. The van der Waals surface area contributed by atoms with Gasteiger partial charge in [-0.1, -0.05) is 54.6 Å². The maximum Gasteiger partial charge on any atom is 0.255 e. The average Bonchev–Trinajstić information content (AvgIpc) is 2.77. The molecule has 5 heteroatoms. The first kappa shape index (κ1) is 20.1. The van der Waals surface area contributed by atoms with Gasteiger partial charge in [-0.15, -0.1) is 0 Å². The molecule has 0 unspecified atom stereocenters. The molecule has 0 aliphatic rings. The smallest absolute Gasteiger partial charge is 0.255 e. The summed E-state index contributed by atoms with van der Waals surface area (Å²) in [5.41, 5.74) is 3.24. The Labute approximate surface area is 170 Å². The van der Waals surface area contributed by atoms with Crippen LogP contribution in [0.5, 0.6) is 5.75 Å². The van der Waals surface area contributed by atoms with E-state index in [2.05, 4.69) is 10.6 Å². The van der Waals surface area contributed by atoms with E-state index in [9.17, 15) is 9.59 Å². The Balaban J connectivity index is 1.49. The van der Waals surface area contributed by atoms with E-state index in [4.69, 9.17) is 4.74 Å². The van der Waals surface area contributed by atoms with Crippen molar-refractivity contribution < 1.29 is 14.3 Å². The van der Waals surface area contributed by atoms with Crippen LogP contribution in [0.1, 0.15) is 27.9 Å². The summed E-state index contributed by atoms with van der Waals surface area (Å²) in [7, 11) is 1.56. The number of carbonyl (C=O) groups is 2. The third-order valence-corrected chi connectivity index (χ3v) is 4.54. The van der Waals surface area contributed by atoms with E-state index in [0.29, 0.717) is 36.4 Å². The first-order chi connectivity index (χ1) is 14.2. The van der Waals surface area contributed by atoms with Gasteiger partial charge in [0.1, 0.15) is 5.75 Å². The van der Waals surface area contributed by atoms with E-state index in [0.717, 1.165) is 11.1 Å². The summed E-state index contributed by atoms with van der Waals surface area (Å²) in [6.45, 7) is 0.433. The molecule has 3 aromatic rings. The standard InChI is InChI=1S/C24H24N2O3/c1-29-22-10-6-5-9-21(22)26-24(28)20-14-11-19(12-15-20)17-25-23(27)16-13-18-7-3-2-4-8-18/h2-12,14-15H,13,16-17H2,1H3,(H,25,27)(H,26,28). The Morgan fingerprint density at radius 2 is 1.52 bits per heavy atom. The molecule has 0 atom stereocenters. The van der Waals surface area contributed by atoms with Gasteiger partial charge in [0.15, 0.2) is 0 Å². The highest BCUT2D eigenvalue weighted by Crippen LogP contribution is 2.23. The number of anilines is 1. The number of benzene rings is 3. The van der Waals surface area contributed by atoms with Gasteiger partial charge in [0.05, 0.1) is 12.8 Å². The number of hydrogen-bond donors (Lipinski definition) is 2. The molecule has 0 fully saturated rings. The number of para-hydroxylation sites is 2. The fourth-order valence-corrected chi connectivity index (χ4v) is 2.91. The van der Waals surface area contributed by atoms with Gasteiger partial charge in [-0.05, 0) is 41.8 Å². The first-order valence-electron chi connectivity index (χ1n) is 9.49. The Kier molecular flexibility index (Phi) is 7.00. The van der Waals surface area contributed by atoms with Gasteiger partial charge < -0.3 is 15.4 Å². The maximum atomic E-state index is 12.4. The molecule has 0 aliphatic carbocycles. The van der Waals surface area contributed by atoms with Crippen LogP contribution in [0.25, 0.3) is 0 Å². The highest BCUT2D eigenvalue weighted by atomic mass is 16.5. The van der Waals surface area contributed by atoms with E-state index >= 15 is 0 Å². The number of rotatable bonds is 8. The lowest BCUT2D eigenvalue weighted by Gasteiger charge is -2.10. The van der Waals surface area contributed by atoms with E-state index in [1.54, 1.807) is 31.4 Å². The van der Waals surface area contributed by atoms with Crippen LogP contribution in [-0.4, -0.2) is 18.9 Å². The average molecular weight is 388 g/mol. The van der Waals surface area contributed by atoms with Crippen LogP contribution in [0.2, 0.25) is 0 Å². The molecule has 148 valence electrons. The molecule has 0 bridgehead atoms. The molecule has 0 radical (unpaired) electrons. The molecular formula is C24H24N2O3. The van der Waals surface area contributed by atoms with Crippen LogP contribution in [-0.2, 0) is 17.8 Å². The normalized spacial score (nSPS) is 10.2. The molecule has 0 aromatic heterocycles. The van der Waals surface area contributed by atoms with E-state index in [1.165, 1.54) is 0 Å². The highest BCUT2D eigenvalue weighted by Gasteiger charge is 2.09. The molecule has 2 N–H and O–H groups in total. The predicted octanol–water partition coefficient (Wildman–Crippen LogP) is 4.20. The molecule has 2 amide bonds. The van der Waals surface area contributed by atoms with Crippen LogP contribution in [0.4, 0.5) is 5.69 Å². The van der Waals surface area contributed by atoms with Crippen molar-refractivity contribution >= 4 is 17.5 Å². The molecule has 0 aliphatic heterocycles. The first-order valence-corrected chi connectivity index (χ1v) is 9.49. The third kappa shape index (κ3) is 5.94. The lowest BCUT2D eigenvalue weighted by atomic mass is 10.1. The molecule has 29 heavy (non-hydrogen) atoms. The largest absolute Gasteiger partial charge is 0.495 e. The van der Waals surface area contributed by atoms with E-state index < -0.39 is 0 Å². The number of nitrogens with one attached hydrogen (secondary N) is 2. The number of ether oxygens (including phenoxy) is 1. The van der Waals surface area contributed by atoms with E-state index in [1.807, 2.05) is 54.6 Å². The number of aryl methyl sites for hydroxylation is 1. The SMILES string of the molecule is COc1ccccc1NC(=O)c1ccc(CNC(=O)CCc2ccccc2)cc1. The van der Waals surface area contributed by atoms with Gasteiger partial charge >= 0.3 is 0 Å². The van der Waals surface area contributed by atoms with Crippen LogP contribution in [0.3, 0.4) is 0 Å². The van der Waals surface area contributed by atoms with Crippen molar-refractivity contribution in [1.29, 1.82) is 0 Å². The van der Waals surface area contributed by atoms with Gasteiger partial charge in [-0.3, -0.25) is 9.59 Å². The minimum atomic E-state index is -0.215. The lowest BCUT2D eigenvalue weighted by molar-refractivity contribution is -0.121. The molecule has 0 spiro atoms. The summed E-state index contributed by atoms with van der Waals surface area (Å²) in [6.07, 6.45) is 1.16. The topological polar surface area (TPSA) is 67.4 Å². The fraction of sp³-hybridized carbons (Fsp3) is 0.167. The van der Waals surface area contributed by atoms with Crippen LogP contribution < -0.4 is 15.4 Å². The summed E-state index contributed by atoms with van der Waals surface area (Å²) in [5.74, 6) is 0.399. The van der Waals surface area contributed by atoms with Crippen molar-refractivity contribution in [2.24, 2.45) is 0 Å². The summed E-state index contributed by atoms with van der Waals surface area (Å²) in [5, 5.41) is 5.76. The Morgan fingerprint density at radius 3 is 2.24 bits per heavy atom. The molecule has 3 rings (SSSR count). The zero-order valence-corrected chi connectivity index (χ0v) is 16.4. The zero-order valence-electron chi connectivity index (χ0n) is 16.4. The third-order valence-electron chi connectivity index (χ3n) is 4.54. The zero-order chi connectivity index (χ0) is 20.5. The van der Waals surface area contributed by atoms with Gasteiger partial charge in [0.2, 0.25) is 5.91 Å². The number of methoxy groups -OCH3 is 1. The minimum absolute atomic E-state index is 0.00634. The molecule has 0 saturated heterocycles. The van der Waals surface area contributed by atoms with Gasteiger partial charge in [0.25, 0.3) is 5.91 Å². The summed E-state index contributed by atoms with van der Waals surface area (Å²) in [6, 6.07) is 24.4. The van der Waals surface area contributed by atoms with Crippen molar-refractivity contribution in [2.75, 3.05) is 12.4 Å². The Morgan fingerprint density at radius 1 is 0.828 bits per heavy atom. The monoisotopic (exact) mass is 388 g/mol. The quantitative estimate of drug-likeness (QED) is 0.608. The number of hydrogen-bond acceptors (Lipinski definition) is 3. The van der Waals surface area contributed by atoms with Crippen LogP contribution in [0.15, 0.2) is 78.9 Å². The van der Waals surface area contributed by atoms with Crippen molar-refractivity contribution in [1.82, 2.24) is 5.32 Å². The number of carbonyl (C=O) groups excluding carboxylic acids is 2. The van der Waals surface area contributed by atoms with Crippen LogP contribution >= 0.6 is 0 Å². The van der Waals surface area contributed by atoms with Gasteiger partial charge in [0, 0.05) is 18.5 Å². The fourth-order valence-electron chi connectivity index (χ4n) is 2.91. The second-order valence-electron chi connectivity index (χ2n) is 6.61. The summed E-state index contributed by atoms with van der Waals surface area (Å²) in [4.78, 5) is 24.5. The summed E-state index contributed by atoms with van der Waals surface area (Å²) < 4.78 is 5.25. The van der Waals surface area contributed by atoms with Gasteiger partial charge in [-0.25, -0.2) is 0 Å². The molecule has 0 saturated carbocycles. The Hall–Kier alpha value is -3.60. The predicted molar refractivity (Wildman–Crippen MR) is 114 cm³/mol. The second-order valence-corrected chi connectivity index (χ2v) is 6.61. The molecule has 5 nitrogen and oxygen atoms in total. The maximum absolute atomic E-state index is 12.4. The second kappa shape index (κ2) is 10.1. The van der Waals surface area contributed by atoms with Gasteiger partial charge in [-0.2, -0.15) is 0 Å². The summed E-state index contributed by atoms with van der Waals surface area (Å²) >= 11 is 0. The van der Waals surface area contributed by atoms with Crippen molar-refractivity contribution in [2.45, 2.75) is 19.4 Å². The lowest BCUT2D eigenvalue weighted by Crippen LogP contribution is -2.23. The van der Waals surface area contributed by atoms with E-state index in [-0.39, 0.29) is 11.8 Å². The van der Waals surface area contributed by atoms with Crippen LogP contribution in [0, 0.1) is 0 Å². The van der Waals surface area contributed by atoms with Crippen molar-refractivity contribution in [3.05, 3.63) is 95.6 Å². The highest BCUT2D eigenvalue weighted by molar-refractivity contribution is 6.05. The van der Waals surface area contributed by atoms with Crippen molar-refractivity contribution in [3.8, 4) is 5.75 Å². The molecule has 0 heterocycles. The minimum Gasteiger partial charge on any atom is -0.495 e. The van der Waals surface area contributed by atoms with Crippen molar-refractivity contribution in [3.63, 3.8) is 0 Å².